The van der Waals surface area contributed by atoms with Crippen molar-refractivity contribution < 1.29 is 12.8 Å². The molecule has 0 spiro atoms. The summed E-state index contributed by atoms with van der Waals surface area (Å²) in [7, 11) is -1.55. The maximum Gasteiger partial charge on any atom is 0.211 e. The number of hydrogen-bond donors (Lipinski definition) is 0. The number of imidazole rings is 1. The first-order valence-corrected chi connectivity index (χ1v) is 15.1. The first-order valence-electron chi connectivity index (χ1n) is 13.3. The first kappa shape index (κ1) is 25.7. The van der Waals surface area contributed by atoms with Crippen LogP contribution in [-0.4, -0.2) is 71.3 Å². The number of benzene rings is 1. The van der Waals surface area contributed by atoms with E-state index in [0.29, 0.717) is 0 Å². The Balaban J connectivity index is 1.26. The number of rotatable bonds is 6. The summed E-state index contributed by atoms with van der Waals surface area (Å²) in [4.78, 5) is 13.9. The highest BCUT2D eigenvalue weighted by atomic mass is 32.2. The monoisotopic (exact) mass is 549 g/mol. The Labute approximate surface area is 227 Å². The summed E-state index contributed by atoms with van der Waals surface area (Å²) < 4.78 is 41.1. The normalized spacial score (nSPS) is 18.9. The lowest BCUT2D eigenvalue weighted by atomic mass is 10.0. The van der Waals surface area contributed by atoms with Crippen molar-refractivity contribution in [2.75, 3.05) is 42.7 Å². The molecule has 2 fully saturated rings. The second-order valence-corrected chi connectivity index (χ2v) is 12.4. The molecule has 5 heterocycles. The molecule has 9 nitrogen and oxygen atoms in total. The highest BCUT2D eigenvalue weighted by molar-refractivity contribution is 7.88. The zero-order valence-electron chi connectivity index (χ0n) is 22.1. The van der Waals surface area contributed by atoms with Gasteiger partial charge in [-0.1, -0.05) is 18.2 Å². The molecule has 39 heavy (non-hydrogen) atoms. The van der Waals surface area contributed by atoms with Crippen LogP contribution in [0.1, 0.15) is 37.3 Å². The van der Waals surface area contributed by atoms with Crippen molar-refractivity contribution in [2.24, 2.45) is 0 Å². The molecule has 1 atom stereocenters. The van der Waals surface area contributed by atoms with Gasteiger partial charge in [-0.3, -0.25) is 0 Å². The quantitative estimate of drug-likeness (QED) is 0.357. The Hall–Kier alpha value is -3.57. The van der Waals surface area contributed by atoms with Gasteiger partial charge in [0.15, 0.2) is 5.65 Å². The van der Waals surface area contributed by atoms with E-state index in [1.807, 2.05) is 40.9 Å². The summed E-state index contributed by atoms with van der Waals surface area (Å²) in [5.74, 6) is 1.45. The fourth-order valence-corrected chi connectivity index (χ4v) is 6.52. The molecule has 0 aliphatic carbocycles. The zero-order chi connectivity index (χ0) is 27.1. The summed E-state index contributed by atoms with van der Waals surface area (Å²) in [5, 5.41) is 4.96. The van der Waals surface area contributed by atoms with Crippen LogP contribution in [0, 0.1) is 5.82 Å². The lowest BCUT2D eigenvalue weighted by Crippen LogP contribution is -2.45. The average molecular weight is 550 g/mol. The third kappa shape index (κ3) is 5.08. The Morgan fingerprint density at radius 1 is 0.974 bits per heavy atom. The lowest BCUT2D eigenvalue weighted by Gasteiger charge is -2.36. The molecule has 2 saturated heterocycles. The molecule has 0 N–H and O–H groups in total. The topological polar surface area (TPSA) is 86.9 Å². The number of sulfonamides is 1. The standard InChI is InChI=1S/C28H32FN7O2S/c1-33(39(2,37)38)22-13-16-34(17-14-22)27-10-4-8-23(31-27)25-19-30-26-11-12-28(32-36(25)26)35-15-5-9-24(35)20-6-3-7-21(29)18-20/h3-4,6-8,10-12,18-19,22,24H,5,9,13-17H2,1-2H3. The fraction of sp³-hybridized carbons (Fsp3) is 0.393. The number of piperidine rings is 1. The summed E-state index contributed by atoms with van der Waals surface area (Å²) in [5.41, 5.74) is 3.25. The number of hydrogen-bond acceptors (Lipinski definition) is 7. The largest absolute Gasteiger partial charge is 0.356 e. The smallest absolute Gasteiger partial charge is 0.211 e. The molecule has 3 aromatic heterocycles. The van der Waals surface area contributed by atoms with Crippen LogP contribution in [0.2, 0.25) is 0 Å². The van der Waals surface area contributed by atoms with Crippen LogP contribution >= 0.6 is 0 Å². The first-order chi connectivity index (χ1) is 18.8. The van der Waals surface area contributed by atoms with Crippen molar-refractivity contribution in [1.29, 1.82) is 0 Å². The third-order valence-corrected chi connectivity index (χ3v) is 9.30. The van der Waals surface area contributed by atoms with Crippen LogP contribution in [0.3, 0.4) is 0 Å². The van der Waals surface area contributed by atoms with Crippen molar-refractivity contribution in [2.45, 2.75) is 37.8 Å². The summed E-state index contributed by atoms with van der Waals surface area (Å²) in [6, 6.07) is 16.8. The molecule has 1 aromatic carbocycles. The van der Waals surface area contributed by atoms with Crippen molar-refractivity contribution in [1.82, 2.24) is 23.9 Å². The molecule has 4 aromatic rings. The molecule has 2 aliphatic heterocycles. The van der Waals surface area contributed by atoms with Crippen molar-refractivity contribution in [3.8, 4) is 11.4 Å². The van der Waals surface area contributed by atoms with Crippen LogP contribution in [0.5, 0.6) is 0 Å². The molecule has 6 rings (SSSR count). The van der Waals surface area contributed by atoms with Gasteiger partial charge in [0, 0.05) is 32.7 Å². The Morgan fingerprint density at radius 2 is 1.77 bits per heavy atom. The molecule has 1 unspecified atom stereocenters. The Kier molecular flexibility index (Phi) is 6.72. The second kappa shape index (κ2) is 10.2. The molecule has 0 amide bonds. The molecule has 204 valence electrons. The molecular formula is C28H32FN7O2S. The van der Waals surface area contributed by atoms with Gasteiger partial charge in [0.05, 0.1) is 24.2 Å². The van der Waals surface area contributed by atoms with E-state index in [4.69, 9.17) is 10.1 Å². The van der Waals surface area contributed by atoms with E-state index in [1.165, 1.54) is 16.6 Å². The van der Waals surface area contributed by atoms with Crippen molar-refractivity contribution in [3.05, 3.63) is 72.2 Å². The van der Waals surface area contributed by atoms with Gasteiger partial charge in [0.2, 0.25) is 10.0 Å². The molecule has 0 saturated carbocycles. The number of fused-ring (bicyclic) bond motifs is 1. The summed E-state index contributed by atoms with van der Waals surface area (Å²) in [6.07, 6.45) is 6.50. The highest BCUT2D eigenvalue weighted by Gasteiger charge is 2.29. The van der Waals surface area contributed by atoms with E-state index >= 15 is 0 Å². The van der Waals surface area contributed by atoms with E-state index in [9.17, 15) is 12.8 Å². The molecule has 11 heteroatoms. The number of halogens is 1. The average Bonchev–Trinajstić information content (AvgIpc) is 3.60. The van der Waals surface area contributed by atoms with Crippen LogP contribution in [0.15, 0.2) is 60.8 Å². The molecular weight excluding hydrogens is 517 g/mol. The van der Waals surface area contributed by atoms with Gasteiger partial charge < -0.3 is 9.80 Å². The number of pyridine rings is 1. The van der Waals surface area contributed by atoms with Gasteiger partial charge in [-0.2, -0.15) is 0 Å². The summed E-state index contributed by atoms with van der Waals surface area (Å²) in [6.45, 7) is 2.31. The molecule has 0 bridgehead atoms. The highest BCUT2D eigenvalue weighted by Crippen LogP contribution is 2.36. The maximum absolute atomic E-state index is 13.9. The van der Waals surface area contributed by atoms with Gasteiger partial charge in [0.25, 0.3) is 0 Å². The van der Waals surface area contributed by atoms with Crippen LogP contribution < -0.4 is 9.80 Å². The second-order valence-electron chi connectivity index (χ2n) is 10.4. The maximum atomic E-state index is 13.9. The lowest BCUT2D eigenvalue weighted by molar-refractivity contribution is 0.313. The Morgan fingerprint density at radius 3 is 2.54 bits per heavy atom. The minimum absolute atomic E-state index is 0.00242. The SMILES string of the molecule is CN(C1CCN(c2cccc(-c3cnc4ccc(N5CCCC5c5cccc(F)c5)nn34)n2)CC1)S(C)(=O)=O. The fourth-order valence-electron chi connectivity index (χ4n) is 5.76. The number of aromatic nitrogens is 4. The van der Waals surface area contributed by atoms with E-state index in [-0.39, 0.29) is 17.9 Å². The van der Waals surface area contributed by atoms with Crippen LogP contribution in [0.4, 0.5) is 16.0 Å². The third-order valence-electron chi connectivity index (χ3n) is 7.95. The predicted molar refractivity (Wildman–Crippen MR) is 150 cm³/mol. The molecule has 2 aliphatic rings. The van der Waals surface area contributed by atoms with E-state index < -0.39 is 10.0 Å². The van der Waals surface area contributed by atoms with Crippen LogP contribution in [0.25, 0.3) is 17.0 Å². The van der Waals surface area contributed by atoms with Gasteiger partial charge in [-0.15, -0.1) is 5.10 Å². The summed E-state index contributed by atoms with van der Waals surface area (Å²) >= 11 is 0. The van der Waals surface area contributed by atoms with Crippen LogP contribution in [-0.2, 0) is 10.0 Å². The van der Waals surface area contributed by atoms with Gasteiger partial charge >= 0.3 is 0 Å². The van der Waals surface area contributed by atoms with Gasteiger partial charge in [-0.05, 0) is 67.6 Å². The van der Waals surface area contributed by atoms with E-state index in [0.717, 1.165) is 79.6 Å². The van der Waals surface area contributed by atoms with Crippen molar-refractivity contribution in [3.63, 3.8) is 0 Å². The minimum atomic E-state index is -3.21. The van der Waals surface area contributed by atoms with E-state index in [1.54, 1.807) is 25.4 Å². The zero-order valence-corrected chi connectivity index (χ0v) is 22.9. The Bertz CT molecular complexity index is 1600. The van der Waals surface area contributed by atoms with Gasteiger partial charge in [0.1, 0.15) is 23.1 Å². The predicted octanol–water partition coefficient (Wildman–Crippen LogP) is 4.13. The van der Waals surface area contributed by atoms with Gasteiger partial charge in [-0.25, -0.2) is 31.6 Å². The number of nitrogens with zero attached hydrogens (tertiary/aromatic N) is 7. The van der Waals surface area contributed by atoms with Crippen molar-refractivity contribution >= 4 is 27.3 Å². The minimum Gasteiger partial charge on any atom is -0.356 e. The van der Waals surface area contributed by atoms with E-state index in [2.05, 4.69) is 14.8 Å². The number of anilines is 2. The molecule has 0 radical (unpaired) electrons.